The average molecular weight is 332 g/mol. The van der Waals surface area contributed by atoms with Gasteiger partial charge in [0.15, 0.2) is 0 Å². The van der Waals surface area contributed by atoms with Crippen LogP contribution in [0.3, 0.4) is 0 Å². The van der Waals surface area contributed by atoms with Crippen molar-refractivity contribution in [3.63, 3.8) is 0 Å². The standard InChI is InChI=1S/C17H20N2O3S/c1-11-4-2-5-12(8-11)13(20)9-18-16(21)15-10-19-17(23-15)14-6-3-7-22-14/h2,4-5,8,10,13-14,20H,3,6-7,9H2,1H3,(H,18,21). The third-order valence-corrected chi connectivity index (χ3v) is 4.92. The van der Waals surface area contributed by atoms with Gasteiger partial charge in [0.05, 0.1) is 12.3 Å². The summed E-state index contributed by atoms with van der Waals surface area (Å²) in [6, 6.07) is 7.64. The first-order valence-electron chi connectivity index (χ1n) is 7.73. The Kier molecular flexibility index (Phi) is 5.05. The monoisotopic (exact) mass is 332 g/mol. The number of aryl methyl sites for hydroxylation is 1. The molecule has 0 aliphatic carbocycles. The van der Waals surface area contributed by atoms with Gasteiger partial charge < -0.3 is 15.2 Å². The summed E-state index contributed by atoms with van der Waals surface area (Å²) in [6.07, 6.45) is 2.88. The first kappa shape index (κ1) is 16.1. The lowest BCUT2D eigenvalue weighted by atomic mass is 10.1. The van der Waals surface area contributed by atoms with Gasteiger partial charge in [-0.3, -0.25) is 4.79 Å². The minimum atomic E-state index is -0.718. The Morgan fingerprint density at radius 1 is 1.57 bits per heavy atom. The van der Waals surface area contributed by atoms with Crippen molar-refractivity contribution in [2.24, 2.45) is 0 Å². The Bertz CT molecular complexity index is 680. The zero-order valence-electron chi connectivity index (χ0n) is 13.0. The summed E-state index contributed by atoms with van der Waals surface area (Å²) in [4.78, 5) is 17.0. The van der Waals surface area contributed by atoms with E-state index in [0.29, 0.717) is 4.88 Å². The van der Waals surface area contributed by atoms with Crippen molar-refractivity contribution >= 4 is 17.2 Å². The van der Waals surface area contributed by atoms with Crippen molar-refractivity contribution in [1.29, 1.82) is 0 Å². The lowest BCUT2D eigenvalue weighted by molar-refractivity contribution is 0.0920. The Morgan fingerprint density at radius 2 is 2.43 bits per heavy atom. The number of carbonyl (C=O) groups is 1. The van der Waals surface area contributed by atoms with Crippen LogP contribution in [0.25, 0.3) is 0 Å². The molecule has 2 unspecified atom stereocenters. The van der Waals surface area contributed by atoms with E-state index in [1.54, 1.807) is 6.20 Å². The highest BCUT2D eigenvalue weighted by Crippen LogP contribution is 2.31. The molecule has 0 saturated carbocycles. The minimum absolute atomic E-state index is 0.0273. The van der Waals surface area contributed by atoms with Crippen molar-refractivity contribution in [3.8, 4) is 0 Å². The fourth-order valence-corrected chi connectivity index (χ4v) is 3.50. The number of nitrogens with one attached hydrogen (secondary N) is 1. The van der Waals surface area contributed by atoms with E-state index in [4.69, 9.17) is 4.74 Å². The van der Waals surface area contributed by atoms with Crippen LogP contribution < -0.4 is 5.32 Å². The first-order valence-corrected chi connectivity index (χ1v) is 8.55. The number of rotatable bonds is 5. The average Bonchev–Trinajstić information content (AvgIpc) is 3.22. The first-order chi connectivity index (χ1) is 11.1. The van der Waals surface area contributed by atoms with Gasteiger partial charge in [-0.05, 0) is 25.3 Å². The van der Waals surface area contributed by atoms with Crippen LogP contribution in [0.1, 0.15) is 50.9 Å². The highest BCUT2D eigenvalue weighted by molar-refractivity contribution is 7.13. The molecule has 5 nitrogen and oxygen atoms in total. The largest absolute Gasteiger partial charge is 0.387 e. The van der Waals surface area contributed by atoms with E-state index in [1.807, 2.05) is 31.2 Å². The molecule has 1 amide bonds. The molecule has 23 heavy (non-hydrogen) atoms. The van der Waals surface area contributed by atoms with Crippen LogP contribution in [-0.2, 0) is 4.74 Å². The quantitative estimate of drug-likeness (QED) is 0.883. The van der Waals surface area contributed by atoms with E-state index in [9.17, 15) is 9.90 Å². The second kappa shape index (κ2) is 7.21. The molecule has 3 rings (SSSR count). The number of thiazole rings is 1. The Labute approximate surface area is 139 Å². The summed E-state index contributed by atoms with van der Waals surface area (Å²) in [5.41, 5.74) is 1.88. The number of carbonyl (C=O) groups excluding carboxylic acids is 1. The van der Waals surface area contributed by atoms with Gasteiger partial charge in [0, 0.05) is 13.2 Å². The fraction of sp³-hybridized carbons (Fsp3) is 0.412. The van der Waals surface area contributed by atoms with E-state index < -0.39 is 6.10 Å². The molecule has 0 radical (unpaired) electrons. The highest BCUT2D eigenvalue weighted by atomic mass is 32.1. The summed E-state index contributed by atoms with van der Waals surface area (Å²) in [5.74, 6) is -0.210. The molecule has 1 aromatic carbocycles. The van der Waals surface area contributed by atoms with Gasteiger partial charge >= 0.3 is 0 Å². The van der Waals surface area contributed by atoms with Crippen LogP contribution in [0.2, 0.25) is 0 Å². The smallest absolute Gasteiger partial charge is 0.263 e. The zero-order chi connectivity index (χ0) is 16.2. The molecule has 0 spiro atoms. The molecule has 1 aliphatic rings. The topological polar surface area (TPSA) is 71.5 Å². The molecule has 0 bridgehead atoms. The molecule has 122 valence electrons. The number of hydrogen-bond acceptors (Lipinski definition) is 5. The number of hydrogen-bond donors (Lipinski definition) is 2. The molecular weight excluding hydrogens is 312 g/mol. The highest BCUT2D eigenvalue weighted by Gasteiger charge is 2.22. The van der Waals surface area contributed by atoms with Gasteiger partial charge in [-0.1, -0.05) is 29.8 Å². The van der Waals surface area contributed by atoms with Crippen LogP contribution >= 0.6 is 11.3 Å². The van der Waals surface area contributed by atoms with E-state index >= 15 is 0 Å². The molecule has 2 atom stereocenters. The third-order valence-electron chi connectivity index (χ3n) is 3.84. The molecule has 1 fully saturated rings. The molecular formula is C17H20N2O3S. The van der Waals surface area contributed by atoms with Gasteiger partial charge in [0.1, 0.15) is 16.0 Å². The van der Waals surface area contributed by atoms with Crippen molar-refractivity contribution in [2.45, 2.75) is 32.0 Å². The lowest BCUT2D eigenvalue weighted by Gasteiger charge is -2.12. The van der Waals surface area contributed by atoms with Crippen molar-refractivity contribution < 1.29 is 14.6 Å². The zero-order valence-corrected chi connectivity index (χ0v) is 13.8. The van der Waals surface area contributed by atoms with E-state index in [-0.39, 0.29) is 18.6 Å². The van der Waals surface area contributed by atoms with E-state index in [2.05, 4.69) is 10.3 Å². The molecule has 2 N–H and O–H groups in total. The number of aliphatic hydroxyl groups excluding tert-OH is 1. The maximum Gasteiger partial charge on any atom is 0.263 e. The van der Waals surface area contributed by atoms with Gasteiger partial charge in [0.2, 0.25) is 0 Å². The number of benzene rings is 1. The molecule has 2 aromatic rings. The summed E-state index contributed by atoms with van der Waals surface area (Å²) in [5, 5.41) is 13.8. The summed E-state index contributed by atoms with van der Waals surface area (Å²) in [6.45, 7) is 2.91. The van der Waals surface area contributed by atoms with E-state index in [0.717, 1.165) is 35.6 Å². The maximum absolute atomic E-state index is 12.2. The second-order valence-electron chi connectivity index (χ2n) is 5.70. The van der Waals surface area contributed by atoms with Crippen molar-refractivity contribution in [2.75, 3.05) is 13.2 Å². The van der Waals surface area contributed by atoms with Crippen molar-refractivity contribution in [3.05, 3.63) is 51.5 Å². The van der Waals surface area contributed by atoms with Crippen LogP contribution in [0.5, 0.6) is 0 Å². The number of nitrogens with zero attached hydrogens (tertiary/aromatic N) is 1. The van der Waals surface area contributed by atoms with Gasteiger partial charge in [-0.15, -0.1) is 11.3 Å². The van der Waals surface area contributed by atoms with Crippen LogP contribution in [-0.4, -0.2) is 29.1 Å². The predicted molar refractivity (Wildman–Crippen MR) is 88.5 cm³/mol. The van der Waals surface area contributed by atoms with Crippen LogP contribution in [0.4, 0.5) is 0 Å². The molecule has 1 saturated heterocycles. The molecule has 6 heteroatoms. The lowest BCUT2D eigenvalue weighted by Crippen LogP contribution is -2.27. The Morgan fingerprint density at radius 3 is 3.17 bits per heavy atom. The SMILES string of the molecule is Cc1cccc(C(O)CNC(=O)c2cnc(C3CCCO3)s2)c1. The van der Waals surface area contributed by atoms with Crippen LogP contribution in [0, 0.1) is 6.92 Å². The summed E-state index contributed by atoms with van der Waals surface area (Å²) < 4.78 is 5.58. The van der Waals surface area contributed by atoms with Gasteiger partial charge in [-0.2, -0.15) is 0 Å². The second-order valence-corrected chi connectivity index (χ2v) is 6.77. The number of aromatic nitrogens is 1. The predicted octanol–water partition coefficient (Wildman–Crippen LogP) is 2.77. The molecule has 1 aromatic heterocycles. The van der Waals surface area contributed by atoms with Crippen LogP contribution in [0.15, 0.2) is 30.5 Å². The maximum atomic E-state index is 12.2. The third kappa shape index (κ3) is 3.96. The normalized spacial score (nSPS) is 18.8. The number of amides is 1. The molecule has 1 aliphatic heterocycles. The Balaban J connectivity index is 1.56. The van der Waals surface area contributed by atoms with Gasteiger partial charge in [0.25, 0.3) is 5.91 Å². The number of aliphatic hydroxyl groups is 1. The molecule has 2 heterocycles. The van der Waals surface area contributed by atoms with E-state index in [1.165, 1.54) is 11.3 Å². The minimum Gasteiger partial charge on any atom is -0.387 e. The summed E-state index contributed by atoms with van der Waals surface area (Å²) >= 11 is 1.36. The number of ether oxygens (including phenoxy) is 1. The van der Waals surface area contributed by atoms with Gasteiger partial charge in [-0.25, -0.2) is 4.98 Å². The fourth-order valence-electron chi connectivity index (χ4n) is 2.59. The summed E-state index contributed by atoms with van der Waals surface area (Å²) in [7, 11) is 0. The van der Waals surface area contributed by atoms with Crippen molar-refractivity contribution in [1.82, 2.24) is 10.3 Å². The Hall–Kier alpha value is -1.76.